The second-order valence-electron chi connectivity index (χ2n) is 7.62. The lowest BCUT2D eigenvalue weighted by molar-refractivity contribution is 0.414. The zero-order valence-electron chi connectivity index (χ0n) is 18.8. The molecule has 8 nitrogen and oxygen atoms in total. The molecule has 8 heteroatoms. The van der Waals surface area contributed by atoms with E-state index in [4.69, 9.17) is 9.47 Å². The van der Waals surface area contributed by atoms with Crippen LogP contribution in [0.3, 0.4) is 0 Å². The molecular weight excluding hydrogens is 404 g/mol. The van der Waals surface area contributed by atoms with E-state index in [1.54, 1.807) is 21.3 Å². The van der Waals surface area contributed by atoms with Gasteiger partial charge in [-0.15, -0.1) is 0 Å². The number of aliphatic imine (C=N–C) groups is 1. The van der Waals surface area contributed by atoms with E-state index in [9.17, 15) is 0 Å². The van der Waals surface area contributed by atoms with Crippen LogP contribution in [0.2, 0.25) is 0 Å². The smallest absolute Gasteiger partial charge is 0.191 e. The van der Waals surface area contributed by atoms with E-state index in [-0.39, 0.29) is 0 Å². The third-order valence-electron chi connectivity index (χ3n) is 5.60. The van der Waals surface area contributed by atoms with Crippen molar-refractivity contribution in [3.8, 4) is 17.2 Å². The van der Waals surface area contributed by atoms with E-state index in [0.717, 1.165) is 54.0 Å². The molecule has 0 radical (unpaired) electrons. The van der Waals surface area contributed by atoms with E-state index in [2.05, 4.69) is 31.7 Å². The highest BCUT2D eigenvalue weighted by Crippen LogP contribution is 2.30. The minimum Gasteiger partial charge on any atom is -0.497 e. The van der Waals surface area contributed by atoms with Gasteiger partial charge in [-0.25, -0.2) is 4.68 Å². The summed E-state index contributed by atoms with van der Waals surface area (Å²) >= 11 is 0. The first-order valence-corrected chi connectivity index (χ1v) is 10.7. The summed E-state index contributed by atoms with van der Waals surface area (Å²) < 4.78 is 12.6. The Balaban J connectivity index is 1.31. The molecule has 1 aliphatic heterocycles. The summed E-state index contributed by atoms with van der Waals surface area (Å²) in [7, 11) is 5.17. The largest absolute Gasteiger partial charge is 0.497 e. The number of nitrogens with zero attached hydrogens (tertiary/aromatic N) is 4. The number of hydrogen-bond acceptors (Lipinski definition) is 5. The van der Waals surface area contributed by atoms with Gasteiger partial charge in [0.25, 0.3) is 0 Å². The van der Waals surface area contributed by atoms with Crippen LogP contribution < -0.4 is 25.0 Å². The van der Waals surface area contributed by atoms with Crippen LogP contribution >= 0.6 is 0 Å². The molecule has 2 N–H and O–H groups in total. The summed E-state index contributed by atoms with van der Waals surface area (Å²) in [4.78, 5) is 6.73. The number of aromatic nitrogens is 2. The first-order valence-electron chi connectivity index (χ1n) is 10.7. The first-order chi connectivity index (χ1) is 15.7. The number of guanidine groups is 1. The molecule has 1 atom stereocenters. The molecule has 1 aromatic heterocycles. The van der Waals surface area contributed by atoms with Crippen molar-refractivity contribution in [1.29, 1.82) is 0 Å². The van der Waals surface area contributed by atoms with Gasteiger partial charge in [0.05, 0.1) is 37.8 Å². The van der Waals surface area contributed by atoms with Gasteiger partial charge in [-0.1, -0.05) is 12.1 Å². The summed E-state index contributed by atoms with van der Waals surface area (Å²) in [5, 5.41) is 11.6. The number of nitrogens with one attached hydrogen (secondary N) is 2. The first kappa shape index (κ1) is 21.5. The molecule has 168 valence electrons. The number of ether oxygens (including phenoxy) is 2. The number of rotatable bonds is 7. The van der Waals surface area contributed by atoms with Crippen molar-refractivity contribution < 1.29 is 9.47 Å². The fourth-order valence-electron chi connectivity index (χ4n) is 3.88. The molecule has 4 rings (SSSR count). The molecule has 2 aromatic carbocycles. The van der Waals surface area contributed by atoms with Crippen molar-refractivity contribution in [1.82, 2.24) is 20.4 Å². The van der Waals surface area contributed by atoms with Gasteiger partial charge in [0, 0.05) is 32.4 Å². The SMILES string of the molecule is CN=C(NCc1ccn(-c2ccc(OC)cc2)n1)NC1CCN(c2ccccc2OC)C1. The number of hydrogen-bond donors (Lipinski definition) is 2. The van der Waals surface area contributed by atoms with Crippen LogP contribution in [0.5, 0.6) is 11.5 Å². The second kappa shape index (κ2) is 10.1. The zero-order valence-corrected chi connectivity index (χ0v) is 18.8. The highest BCUT2D eigenvalue weighted by molar-refractivity contribution is 5.80. The predicted molar refractivity (Wildman–Crippen MR) is 127 cm³/mol. The van der Waals surface area contributed by atoms with Crippen molar-refractivity contribution in [2.75, 3.05) is 39.3 Å². The van der Waals surface area contributed by atoms with E-state index in [1.807, 2.05) is 59.4 Å². The summed E-state index contributed by atoms with van der Waals surface area (Å²) in [5.41, 5.74) is 3.05. The lowest BCUT2D eigenvalue weighted by Gasteiger charge is -2.22. The topological polar surface area (TPSA) is 75.9 Å². The number of methoxy groups -OCH3 is 2. The monoisotopic (exact) mass is 434 g/mol. The third kappa shape index (κ3) is 4.96. The second-order valence-corrected chi connectivity index (χ2v) is 7.62. The van der Waals surface area contributed by atoms with E-state index >= 15 is 0 Å². The summed E-state index contributed by atoms with van der Waals surface area (Å²) in [5.74, 6) is 2.51. The lowest BCUT2D eigenvalue weighted by atomic mass is 10.2. The fourth-order valence-corrected chi connectivity index (χ4v) is 3.88. The van der Waals surface area contributed by atoms with Gasteiger partial charge >= 0.3 is 0 Å². The minimum atomic E-state index is 0.308. The average Bonchev–Trinajstić information content (AvgIpc) is 3.51. The summed E-state index contributed by atoms with van der Waals surface area (Å²) in [6.07, 6.45) is 2.99. The molecule has 3 aromatic rings. The molecule has 0 bridgehead atoms. The number of anilines is 1. The van der Waals surface area contributed by atoms with Gasteiger partial charge < -0.3 is 25.0 Å². The molecule has 1 fully saturated rings. The molecule has 1 aliphatic rings. The van der Waals surface area contributed by atoms with Crippen LogP contribution in [0.15, 0.2) is 65.8 Å². The highest BCUT2D eigenvalue weighted by Gasteiger charge is 2.25. The summed E-state index contributed by atoms with van der Waals surface area (Å²) in [6, 6.07) is 18.3. The molecular formula is C24H30N6O2. The molecule has 32 heavy (non-hydrogen) atoms. The Labute approximate surface area is 188 Å². The maximum absolute atomic E-state index is 5.51. The lowest BCUT2D eigenvalue weighted by Crippen LogP contribution is -2.44. The van der Waals surface area contributed by atoms with Crippen molar-refractivity contribution in [3.63, 3.8) is 0 Å². The fraction of sp³-hybridized carbons (Fsp3) is 0.333. The third-order valence-corrected chi connectivity index (χ3v) is 5.60. The Morgan fingerprint density at radius 3 is 2.66 bits per heavy atom. The molecule has 1 saturated heterocycles. The van der Waals surface area contributed by atoms with Crippen LogP contribution in [0, 0.1) is 0 Å². The van der Waals surface area contributed by atoms with Gasteiger partial charge in [-0.05, 0) is 48.9 Å². The normalized spacial score (nSPS) is 16.2. The van der Waals surface area contributed by atoms with Crippen molar-refractivity contribution in [3.05, 3.63) is 66.5 Å². The Morgan fingerprint density at radius 2 is 1.91 bits per heavy atom. The van der Waals surface area contributed by atoms with Crippen LogP contribution in [-0.2, 0) is 6.54 Å². The highest BCUT2D eigenvalue weighted by atomic mass is 16.5. The van der Waals surface area contributed by atoms with Gasteiger partial charge in [0.15, 0.2) is 5.96 Å². The molecule has 1 unspecified atom stereocenters. The predicted octanol–water partition coefficient (Wildman–Crippen LogP) is 2.83. The Bertz CT molecular complexity index is 1050. The van der Waals surface area contributed by atoms with Crippen LogP contribution in [0.4, 0.5) is 5.69 Å². The van der Waals surface area contributed by atoms with E-state index in [1.165, 1.54) is 0 Å². The van der Waals surface area contributed by atoms with Crippen LogP contribution in [0.25, 0.3) is 5.69 Å². The zero-order chi connectivity index (χ0) is 22.3. The van der Waals surface area contributed by atoms with Gasteiger partial charge in [-0.2, -0.15) is 5.10 Å². The average molecular weight is 435 g/mol. The standard InChI is InChI=1S/C24H30N6O2/c1-25-24(27-19-12-14-29(17-19)22-6-4-5-7-23(22)32-3)26-16-18-13-15-30(28-18)20-8-10-21(31-2)11-9-20/h4-11,13,15,19H,12,14,16-17H2,1-3H3,(H2,25,26,27). The van der Waals surface area contributed by atoms with Crippen molar-refractivity contribution in [2.45, 2.75) is 19.0 Å². The minimum absolute atomic E-state index is 0.308. The van der Waals surface area contributed by atoms with E-state index in [0.29, 0.717) is 12.6 Å². The van der Waals surface area contributed by atoms with Crippen LogP contribution in [0.1, 0.15) is 12.1 Å². The molecule has 2 heterocycles. The maximum Gasteiger partial charge on any atom is 0.191 e. The number of benzene rings is 2. The van der Waals surface area contributed by atoms with Gasteiger partial charge in [0.2, 0.25) is 0 Å². The number of para-hydroxylation sites is 2. The van der Waals surface area contributed by atoms with Crippen molar-refractivity contribution >= 4 is 11.6 Å². The quantitative estimate of drug-likeness (QED) is 0.440. The van der Waals surface area contributed by atoms with Crippen LogP contribution in [-0.4, -0.2) is 56.1 Å². The van der Waals surface area contributed by atoms with Crippen molar-refractivity contribution in [2.24, 2.45) is 4.99 Å². The Hall–Kier alpha value is -3.68. The molecule has 0 amide bonds. The van der Waals surface area contributed by atoms with E-state index < -0.39 is 0 Å². The van der Waals surface area contributed by atoms with Gasteiger partial charge in [0.1, 0.15) is 11.5 Å². The molecule has 0 saturated carbocycles. The summed E-state index contributed by atoms with van der Waals surface area (Å²) in [6.45, 7) is 2.46. The van der Waals surface area contributed by atoms with Gasteiger partial charge in [-0.3, -0.25) is 4.99 Å². The maximum atomic E-state index is 5.51. The Morgan fingerprint density at radius 1 is 1.09 bits per heavy atom. The molecule has 0 spiro atoms. The Kier molecular flexibility index (Phi) is 6.79. The molecule has 0 aliphatic carbocycles.